The zero-order chi connectivity index (χ0) is 21.6. The van der Waals surface area contributed by atoms with Gasteiger partial charge in [-0.25, -0.2) is 13.8 Å². The monoisotopic (exact) mass is 449 g/mol. The minimum Gasteiger partial charge on any atom is -0.508 e. The Bertz CT molecular complexity index is 986. The van der Waals surface area contributed by atoms with Gasteiger partial charge >= 0.3 is 0 Å². The van der Waals surface area contributed by atoms with Gasteiger partial charge in [-0.2, -0.15) is 9.41 Å². The third kappa shape index (κ3) is 5.81. The maximum Gasteiger partial charge on any atom is 0.255 e. The van der Waals surface area contributed by atoms with Gasteiger partial charge in [-0.15, -0.1) is 0 Å². The van der Waals surface area contributed by atoms with Crippen molar-refractivity contribution in [1.82, 2.24) is 9.73 Å². The summed E-state index contributed by atoms with van der Waals surface area (Å²) < 4.78 is 27.8. The molecule has 0 saturated heterocycles. The van der Waals surface area contributed by atoms with Crippen LogP contribution in [0.2, 0.25) is 5.02 Å². The van der Waals surface area contributed by atoms with Gasteiger partial charge in [0.25, 0.3) is 5.91 Å². The first-order valence-electron chi connectivity index (χ1n) is 9.74. The summed E-state index contributed by atoms with van der Waals surface area (Å²) in [6.45, 7) is -0.317. The Labute approximate surface area is 181 Å². The highest BCUT2D eigenvalue weighted by Crippen LogP contribution is 2.28. The number of rotatable bonds is 7. The SMILES string of the molecule is O=C(CN(C1CCCCC1)S(=O)(=O)c1ccc(Cl)cc1)NN=Cc1ccc(O)cc1. The smallest absolute Gasteiger partial charge is 0.255 e. The molecule has 30 heavy (non-hydrogen) atoms. The number of carbonyl (C=O) groups is 1. The number of benzene rings is 2. The lowest BCUT2D eigenvalue weighted by Gasteiger charge is -2.32. The predicted octanol–water partition coefficient (Wildman–Crippen LogP) is 3.52. The topological polar surface area (TPSA) is 99.1 Å². The summed E-state index contributed by atoms with van der Waals surface area (Å²) in [5.41, 5.74) is 3.07. The molecule has 0 radical (unpaired) electrons. The summed E-state index contributed by atoms with van der Waals surface area (Å²) in [6.07, 6.45) is 5.79. The molecule has 1 aliphatic rings. The summed E-state index contributed by atoms with van der Waals surface area (Å²) in [5.74, 6) is -0.389. The van der Waals surface area contributed by atoms with Crippen molar-refractivity contribution in [1.29, 1.82) is 0 Å². The van der Waals surface area contributed by atoms with Gasteiger partial charge < -0.3 is 5.11 Å². The standard InChI is InChI=1S/C21H24ClN3O4S/c22-17-8-12-20(13-9-17)30(28,29)25(18-4-2-1-3-5-18)15-21(27)24-23-14-16-6-10-19(26)11-7-16/h6-14,18,26H,1-5,15H2,(H,24,27). The molecule has 0 bridgehead atoms. The molecule has 2 aromatic carbocycles. The predicted molar refractivity (Wildman–Crippen MR) is 116 cm³/mol. The van der Waals surface area contributed by atoms with Crippen molar-refractivity contribution in [2.75, 3.05) is 6.54 Å². The fourth-order valence-electron chi connectivity index (χ4n) is 3.44. The Morgan fingerprint density at radius 3 is 2.37 bits per heavy atom. The second kappa shape index (κ2) is 10.1. The van der Waals surface area contributed by atoms with E-state index in [1.165, 1.54) is 46.9 Å². The molecule has 0 unspecified atom stereocenters. The quantitative estimate of drug-likeness (QED) is 0.499. The van der Waals surface area contributed by atoms with Crippen molar-refractivity contribution in [3.8, 4) is 5.75 Å². The van der Waals surface area contributed by atoms with Crippen molar-refractivity contribution in [2.45, 2.75) is 43.0 Å². The number of hydrogen-bond donors (Lipinski definition) is 2. The highest BCUT2D eigenvalue weighted by Gasteiger charge is 2.33. The molecule has 3 rings (SSSR count). The second-order valence-electron chi connectivity index (χ2n) is 7.18. The molecule has 2 aromatic rings. The first kappa shape index (κ1) is 22.3. The molecule has 0 aromatic heterocycles. The van der Waals surface area contributed by atoms with Crippen LogP contribution in [0.4, 0.5) is 0 Å². The minimum absolute atomic E-state index is 0.109. The van der Waals surface area contributed by atoms with Crippen LogP contribution in [0.25, 0.3) is 0 Å². The molecule has 0 heterocycles. The molecule has 7 nitrogen and oxygen atoms in total. The summed E-state index contributed by atoms with van der Waals surface area (Å²) in [7, 11) is -3.86. The minimum atomic E-state index is -3.86. The Kier molecular flexibility index (Phi) is 7.47. The molecule has 1 saturated carbocycles. The number of halogens is 1. The van der Waals surface area contributed by atoms with Crippen molar-refractivity contribution < 1.29 is 18.3 Å². The Hall–Kier alpha value is -2.42. The van der Waals surface area contributed by atoms with E-state index < -0.39 is 15.9 Å². The van der Waals surface area contributed by atoms with Crippen molar-refractivity contribution in [3.05, 3.63) is 59.1 Å². The number of nitrogens with zero attached hydrogens (tertiary/aromatic N) is 2. The van der Waals surface area contributed by atoms with Crippen molar-refractivity contribution in [2.24, 2.45) is 5.10 Å². The number of hydrogen-bond acceptors (Lipinski definition) is 5. The van der Waals surface area contributed by atoms with Gasteiger partial charge in [0.05, 0.1) is 17.7 Å². The van der Waals surface area contributed by atoms with Crippen LogP contribution in [0.3, 0.4) is 0 Å². The normalized spacial score (nSPS) is 15.5. The second-order valence-corrected chi connectivity index (χ2v) is 9.51. The first-order valence-corrected chi connectivity index (χ1v) is 11.6. The molecule has 1 aliphatic carbocycles. The third-order valence-electron chi connectivity index (χ3n) is 5.00. The molecule has 0 aliphatic heterocycles. The van der Waals surface area contributed by atoms with Gasteiger partial charge in [-0.05, 0) is 66.9 Å². The van der Waals surface area contributed by atoms with E-state index in [2.05, 4.69) is 10.5 Å². The molecule has 1 fully saturated rings. The number of sulfonamides is 1. The van der Waals surface area contributed by atoms with E-state index in [-0.39, 0.29) is 23.2 Å². The number of aromatic hydroxyl groups is 1. The lowest BCUT2D eigenvalue weighted by Crippen LogP contribution is -2.46. The average Bonchev–Trinajstić information content (AvgIpc) is 2.74. The van der Waals surface area contributed by atoms with E-state index in [4.69, 9.17) is 11.6 Å². The largest absolute Gasteiger partial charge is 0.508 e. The molecule has 0 atom stereocenters. The van der Waals surface area contributed by atoms with E-state index in [1.807, 2.05) is 0 Å². The highest BCUT2D eigenvalue weighted by atomic mass is 35.5. The summed E-state index contributed by atoms with van der Waals surface area (Å²) in [5, 5.41) is 13.6. The van der Waals surface area contributed by atoms with Gasteiger partial charge in [-0.1, -0.05) is 30.9 Å². The summed E-state index contributed by atoms with van der Waals surface area (Å²) in [6, 6.07) is 12.0. The first-order chi connectivity index (χ1) is 14.4. The van der Waals surface area contributed by atoms with E-state index in [1.54, 1.807) is 12.1 Å². The third-order valence-corrected chi connectivity index (χ3v) is 7.16. The van der Waals surface area contributed by atoms with E-state index in [0.29, 0.717) is 10.6 Å². The average molecular weight is 450 g/mol. The fraction of sp³-hybridized carbons (Fsp3) is 0.333. The van der Waals surface area contributed by atoms with Crippen LogP contribution in [0.15, 0.2) is 58.5 Å². The van der Waals surface area contributed by atoms with Crippen molar-refractivity contribution in [3.63, 3.8) is 0 Å². The Balaban J connectivity index is 1.74. The Morgan fingerprint density at radius 1 is 1.10 bits per heavy atom. The van der Waals surface area contributed by atoms with E-state index >= 15 is 0 Å². The van der Waals surface area contributed by atoms with Crippen LogP contribution in [-0.4, -0.2) is 42.5 Å². The van der Waals surface area contributed by atoms with Crippen molar-refractivity contribution >= 4 is 33.7 Å². The lowest BCUT2D eigenvalue weighted by molar-refractivity contribution is -0.121. The number of phenolic OH excluding ortho intramolecular Hbond substituents is 1. The van der Waals surface area contributed by atoms with Crippen LogP contribution in [0, 0.1) is 0 Å². The molecule has 1 amide bonds. The molecule has 2 N–H and O–H groups in total. The van der Waals surface area contributed by atoms with Gasteiger partial charge in [0.15, 0.2) is 0 Å². The maximum atomic E-state index is 13.2. The summed E-state index contributed by atoms with van der Waals surface area (Å²) in [4.78, 5) is 12.6. The molecule has 9 heteroatoms. The number of nitrogens with one attached hydrogen (secondary N) is 1. The summed E-state index contributed by atoms with van der Waals surface area (Å²) >= 11 is 5.89. The van der Waals surface area contributed by atoms with Gasteiger partial charge in [0.2, 0.25) is 10.0 Å². The van der Waals surface area contributed by atoms with Crippen LogP contribution in [0.5, 0.6) is 5.75 Å². The molecular formula is C21H24ClN3O4S. The Morgan fingerprint density at radius 2 is 1.73 bits per heavy atom. The van der Waals surface area contributed by atoms with Crippen LogP contribution >= 0.6 is 11.6 Å². The molecule has 160 valence electrons. The lowest BCUT2D eigenvalue weighted by atomic mass is 9.95. The van der Waals surface area contributed by atoms with Gasteiger partial charge in [0, 0.05) is 11.1 Å². The zero-order valence-electron chi connectivity index (χ0n) is 16.4. The number of hydrazone groups is 1. The van der Waals surface area contributed by atoms with Crippen LogP contribution in [-0.2, 0) is 14.8 Å². The van der Waals surface area contributed by atoms with Gasteiger partial charge in [0.1, 0.15) is 5.75 Å². The van der Waals surface area contributed by atoms with E-state index in [9.17, 15) is 18.3 Å². The zero-order valence-corrected chi connectivity index (χ0v) is 17.9. The number of phenols is 1. The van der Waals surface area contributed by atoms with Crippen LogP contribution in [0.1, 0.15) is 37.7 Å². The number of carbonyl (C=O) groups excluding carboxylic acids is 1. The molecule has 0 spiro atoms. The fourth-order valence-corrected chi connectivity index (χ4v) is 5.20. The van der Waals surface area contributed by atoms with E-state index in [0.717, 1.165) is 32.1 Å². The molecular weight excluding hydrogens is 426 g/mol. The maximum absolute atomic E-state index is 13.2. The van der Waals surface area contributed by atoms with Gasteiger partial charge in [-0.3, -0.25) is 4.79 Å². The van der Waals surface area contributed by atoms with Crippen LogP contribution < -0.4 is 5.43 Å². The number of amides is 1. The highest BCUT2D eigenvalue weighted by molar-refractivity contribution is 7.89.